The quantitative estimate of drug-likeness (QED) is 0.622. The average Bonchev–Trinajstić information content (AvgIpc) is 3.11. The van der Waals surface area contributed by atoms with Crippen molar-refractivity contribution in [3.63, 3.8) is 0 Å². The van der Waals surface area contributed by atoms with Gasteiger partial charge in [-0.1, -0.05) is 42.7 Å². The first-order valence-electron chi connectivity index (χ1n) is 10.2. The van der Waals surface area contributed by atoms with Crippen molar-refractivity contribution in [1.82, 2.24) is 0 Å². The number of nitrogens with one attached hydrogen (secondary N) is 1. The Balaban J connectivity index is 1.95. The maximum atomic E-state index is 13.0. The van der Waals surface area contributed by atoms with Crippen LogP contribution in [0.1, 0.15) is 55.5 Å². The standard InChI is InChI=1S/C23H27NO5S/c1-13(2)29-23(28)19-18(15-8-6-7-14(3)11-15)12-30-21(19)24-20(25)16-9-4-5-10-17(16)22(26)27/h6-8,11-13,16-17H,4-5,9-10H2,1-3H3,(H,24,25)(H,26,27)/t16-,17+/m0/s1. The normalized spacial score (nSPS) is 18.8. The summed E-state index contributed by atoms with van der Waals surface area (Å²) in [6.07, 6.45) is 2.35. The van der Waals surface area contributed by atoms with Crippen molar-refractivity contribution in [3.8, 4) is 11.1 Å². The van der Waals surface area contributed by atoms with Gasteiger partial charge in [-0.3, -0.25) is 9.59 Å². The monoisotopic (exact) mass is 429 g/mol. The van der Waals surface area contributed by atoms with Gasteiger partial charge in [0.25, 0.3) is 0 Å². The van der Waals surface area contributed by atoms with E-state index < -0.39 is 23.8 Å². The molecule has 30 heavy (non-hydrogen) atoms. The Labute approximate surface area is 180 Å². The number of aryl methyl sites for hydroxylation is 1. The molecule has 160 valence electrons. The number of carboxylic acid groups (broad SMARTS) is 1. The number of carbonyl (C=O) groups is 3. The molecule has 1 aromatic heterocycles. The number of rotatable bonds is 6. The highest BCUT2D eigenvalue weighted by molar-refractivity contribution is 7.15. The van der Waals surface area contributed by atoms with Gasteiger partial charge in [0.15, 0.2) is 0 Å². The Kier molecular flexibility index (Phi) is 6.92. The lowest BCUT2D eigenvalue weighted by Gasteiger charge is -2.27. The molecule has 1 aromatic carbocycles. The van der Waals surface area contributed by atoms with Crippen molar-refractivity contribution >= 4 is 34.2 Å². The molecule has 1 heterocycles. The van der Waals surface area contributed by atoms with Crippen molar-refractivity contribution in [1.29, 1.82) is 0 Å². The van der Waals surface area contributed by atoms with E-state index in [1.807, 2.05) is 36.6 Å². The number of thiophene rings is 1. The first-order valence-corrected chi connectivity index (χ1v) is 11.1. The van der Waals surface area contributed by atoms with Crippen molar-refractivity contribution < 1.29 is 24.2 Å². The zero-order valence-corrected chi connectivity index (χ0v) is 18.3. The van der Waals surface area contributed by atoms with Crippen LogP contribution in [-0.2, 0) is 14.3 Å². The van der Waals surface area contributed by atoms with Gasteiger partial charge in [0.2, 0.25) is 5.91 Å². The van der Waals surface area contributed by atoms with E-state index in [-0.39, 0.29) is 12.0 Å². The zero-order valence-electron chi connectivity index (χ0n) is 17.4. The number of benzene rings is 1. The lowest BCUT2D eigenvalue weighted by Crippen LogP contribution is -2.36. The molecule has 0 unspecified atom stereocenters. The van der Waals surface area contributed by atoms with E-state index in [4.69, 9.17) is 4.74 Å². The Hall–Kier alpha value is -2.67. The topological polar surface area (TPSA) is 92.7 Å². The van der Waals surface area contributed by atoms with Gasteiger partial charge in [-0.15, -0.1) is 11.3 Å². The third-order valence-electron chi connectivity index (χ3n) is 5.32. The van der Waals surface area contributed by atoms with Crippen LogP contribution in [0.4, 0.5) is 5.00 Å². The molecule has 3 rings (SSSR count). The van der Waals surface area contributed by atoms with Crippen molar-refractivity contribution in [3.05, 3.63) is 40.8 Å². The molecule has 6 nitrogen and oxygen atoms in total. The van der Waals surface area contributed by atoms with Gasteiger partial charge in [-0.25, -0.2) is 4.79 Å². The molecule has 1 fully saturated rings. The summed E-state index contributed by atoms with van der Waals surface area (Å²) in [5, 5.41) is 14.6. The minimum absolute atomic E-state index is 0.305. The van der Waals surface area contributed by atoms with Gasteiger partial charge in [0, 0.05) is 10.9 Å². The van der Waals surface area contributed by atoms with Crippen LogP contribution >= 0.6 is 11.3 Å². The average molecular weight is 430 g/mol. The third kappa shape index (κ3) is 4.90. The number of aliphatic carboxylic acids is 1. The number of carboxylic acids is 1. The summed E-state index contributed by atoms with van der Waals surface area (Å²) < 4.78 is 5.44. The number of carbonyl (C=O) groups excluding carboxylic acids is 2. The molecule has 0 aliphatic heterocycles. The van der Waals surface area contributed by atoms with Gasteiger partial charge in [0.05, 0.1) is 17.9 Å². The number of hydrogen-bond acceptors (Lipinski definition) is 5. The van der Waals surface area contributed by atoms with Crippen molar-refractivity contribution in [2.24, 2.45) is 11.8 Å². The second-order valence-corrected chi connectivity index (χ2v) is 8.88. The number of ether oxygens (including phenoxy) is 1. The molecule has 2 N–H and O–H groups in total. The van der Waals surface area contributed by atoms with Crippen molar-refractivity contribution in [2.45, 2.75) is 52.6 Å². The summed E-state index contributed by atoms with van der Waals surface area (Å²) in [7, 11) is 0. The van der Waals surface area contributed by atoms with Crippen LogP contribution in [0.15, 0.2) is 29.6 Å². The van der Waals surface area contributed by atoms with E-state index in [1.165, 1.54) is 11.3 Å². The summed E-state index contributed by atoms with van der Waals surface area (Å²) >= 11 is 1.25. The summed E-state index contributed by atoms with van der Waals surface area (Å²) in [6.45, 7) is 5.52. The predicted molar refractivity (Wildman–Crippen MR) is 117 cm³/mol. The fraction of sp³-hybridized carbons (Fsp3) is 0.435. The maximum Gasteiger partial charge on any atom is 0.342 e. The lowest BCUT2D eigenvalue weighted by molar-refractivity contribution is -0.147. The highest BCUT2D eigenvalue weighted by Gasteiger charge is 2.36. The smallest absolute Gasteiger partial charge is 0.342 e. The zero-order chi connectivity index (χ0) is 21.8. The third-order valence-corrected chi connectivity index (χ3v) is 6.22. The van der Waals surface area contributed by atoms with Gasteiger partial charge in [-0.2, -0.15) is 0 Å². The summed E-state index contributed by atoms with van der Waals surface area (Å²) in [5.41, 5.74) is 2.93. The molecular formula is C23H27NO5S. The molecule has 1 amide bonds. The number of hydrogen-bond donors (Lipinski definition) is 2. The van der Waals surface area contributed by atoms with E-state index in [2.05, 4.69) is 5.32 Å². The second kappa shape index (κ2) is 9.43. The van der Waals surface area contributed by atoms with Gasteiger partial charge < -0.3 is 15.2 Å². The molecule has 0 bridgehead atoms. The fourth-order valence-electron chi connectivity index (χ4n) is 3.90. The second-order valence-electron chi connectivity index (χ2n) is 8.00. The highest BCUT2D eigenvalue weighted by atomic mass is 32.1. The molecule has 0 spiro atoms. The Morgan fingerprint density at radius 2 is 1.87 bits per heavy atom. The SMILES string of the molecule is Cc1cccc(-c2csc(NC(=O)[C@H]3CCCC[C@H]3C(=O)O)c2C(=O)OC(C)C)c1. The summed E-state index contributed by atoms with van der Waals surface area (Å²) in [4.78, 5) is 37.4. The molecule has 7 heteroatoms. The van der Waals surface area contributed by atoms with E-state index in [0.717, 1.165) is 24.0 Å². The van der Waals surface area contributed by atoms with Crippen LogP contribution < -0.4 is 5.32 Å². The maximum absolute atomic E-state index is 13.0. The van der Waals surface area contributed by atoms with Gasteiger partial charge in [0.1, 0.15) is 10.6 Å². The summed E-state index contributed by atoms with van der Waals surface area (Å²) in [5.74, 6) is -3.09. The van der Waals surface area contributed by atoms with E-state index >= 15 is 0 Å². The number of esters is 1. The first-order chi connectivity index (χ1) is 14.3. The first kappa shape index (κ1) is 22.0. The van der Waals surface area contributed by atoms with E-state index in [9.17, 15) is 19.5 Å². The minimum Gasteiger partial charge on any atom is -0.481 e. The van der Waals surface area contributed by atoms with Crippen LogP contribution in [0.3, 0.4) is 0 Å². The van der Waals surface area contributed by atoms with Gasteiger partial charge in [-0.05, 0) is 39.2 Å². The van der Waals surface area contributed by atoms with Gasteiger partial charge >= 0.3 is 11.9 Å². The molecular weight excluding hydrogens is 402 g/mol. The van der Waals surface area contributed by atoms with Crippen LogP contribution in [-0.4, -0.2) is 29.1 Å². The predicted octanol–water partition coefficient (Wildman–Crippen LogP) is 5.12. The molecule has 1 saturated carbocycles. The van der Waals surface area contributed by atoms with Crippen LogP contribution in [0.25, 0.3) is 11.1 Å². The molecule has 0 radical (unpaired) electrons. The summed E-state index contributed by atoms with van der Waals surface area (Å²) in [6, 6.07) is 7.77. The number of amides is 1. The van der Waals surface area contributed by atoms with E-state index in [0.29, 0.717) is 29.0 Å². The Morgan fingerprint density at radius 3 is 2.50 bits per heavy atom. The van der Waals surface area contributed by atoms with E-state index in [1.54, 1.807) is 13.8 Å². The largest absolute Gasteiger partial charge is 0.481 e. The van der Waals surface area contributed by atoms with Crippen molar-refractivity contribution in [2.75, 3.05) is 5.32 Å². The lowest BCUT2D eigenvalue weighted by atomic mass is 9.79. The molecule has 2 atom stereocenters. The van der Waals surface area contributed by atoms with Crippen LogP contribution in [0, 0.1) is 18.8 Å². The molecule has 2 aromatic rings. The molecule has 0 saturated heterocycles. The fourth-order valence-corrected chi connectivity index (χ4v) is 4.86. The Bertz CT molecular complexity index is 949. The minimum atomic E-state index is -0.944. The number of anilines is 1. The van der Waals surface area contributed by atoms with Crippen LogP contribution in [0.2, 0.25) is 0 Å². The molecule has 1 aliphatic rings. The Morgan fingerprint density at radius 1 is 1.17 bits per heavy atom. The molecule has 1 aliphatic carbocycles. The highest BCUT2D eigenvalue weighted by Crippen LogP contribution is 2.38. The van der Waals surface area contributed by atoms with Crippen LogP contribution in [0.5, 0.6) is 0 Å².